The van der Waals surface area contributed by atoms with E-state index in [-0.39, 0.29) is 11.8 Å². The molecule has 2 amide bonds. The Morgan fingerprint density at radius 2 is 2.07 bits per heavy atom. The Bertz CT molecular complexity index is 329. The number of carbonyl (C=O) groups excluding carboxylic acids is 2. The lowest BCUT2D eigenvalue weighted by molar-refractivity contribution is -0.138. The molecule has 14 heavy (non-hydrogen) atoms. The number of H-pyrrole nitrogens is 1. The third-order valence-electron chi connectivity index (χ3n) is 2.28. The van der Waals surface area contributed by atoms with Crippen LogP contribution in [0.5, 0.6) is 0 Å². The monoisotopic (exact) mass is 193 g/mol. The summed E-state index contributed by atoms with van der Waals surface area (Å²) in [6.07, 6.45) is 4.70. The van der Waals surface area contributed by atoms with Crippen LogP contribution in [0.25, 0.3) is 0 Å². The SMILES string of the molecule is O=C1CCC(=O)N1CCc1ncc[nH]1. The first-order valence-electron chi connectivity index (χ1n) is 4.59. The Labute approximate surface area is 81.1 Å². The molecule has 0 aliphatic carbocycles. The molecule has 2 rings (SSSR count). The van der Waals surface area contributed by atoms with Crippen molar-refractivity contribution >= 4 is 11.8 Å². The zero-order valence-corrected chi connectivity index (χ0v) is 7.69. The van der Waals surface area contributed by atoms with E-state index < -0.39 is 0 Å². The predicted octanol–water partition coefficient (Wildman–Crippen LogP) is 0.101. The molecule has 0 atom stereocenters. The van der Waals surface area contributed by atoms with Crippen molar-refractivity contribution in [3.8, 4) is 0 Å². The average Bonchev–Trinajstić information content (AvgIpc) is 2.76. The number of nitrogens with one attached hydrogen (secondary N) is 1. The summed E-state index contributed by atoms with van der Waals surface area (Å²) in [6, 6.07) is 0. The van der Waals surface area contributed by atoms with Crippen molar-refractivity contribution in [2.24, 2.45) is 0 Å². The fraction of sp³-hybridized carbons (Fsp3) is 0.444. The third kappa shape index (κ3) is 1.66. The van der Waals surface area contributed by atoms with E-state index in [1.807, 2.05) is 0 Å². The summed E-state index contributed by atoms with van der Waals surface area (Å²) in [5, 5.41) is 0. The van der Waals surface area contributed by atoms with Gasteiger partial charge in [-0.05, 0) is 0 Å². The lowest BCUT2D eigenvalue weighted by Gasteiger charge is -2.11. The van der Waals surface area contributed by atoms with Crippen LogP contribution in [-0.2, 0) is 16.0 Å². The second kappa shape index (κ2) is 3.61. The molecule has 2 heterocycles. The topological polar surface area (TPSA) is 66.1 Å². The van der Waals surface area contributed by atoms with E-state index in [2.05, 4.69) is 9.97 Å². The minimum atomic E-state index is -0.0680. The number of aromatic nitrogens is 2. The van der Waals surface area contributed by atoms with Crippen LogP contribution < -0.4 is 0 Å². The Morgan fingerprint density at radius 1 is 1.36 bits per heavy atom. The normalized spacial score (nSPS) is 16.7. The van der Waals surface area contributed by atoms with Gasteiger partial charge in [-0.1, -0.05) is 0 Å². The van der Waals surface area contributed by atoms with Gasteiger partial charge in [0.05, 0.1) is 0 Å². The number of amides is 2. The van der Waals surface area contributed by atoms with Gasteiger partial charge in [-0.2, -0.15) is 0 Å². The standard InChI is InChI=1S/C9H11N3O2/c13-8-1-2-9(14)12(8)6-3-7-10-4-5-11-7/h4-5H,1-3,6H2,(H,10,11). The molecular weight excluding hydrogens is 182 g/mol. The van der Waals surface area contributed by atoms with Gasteiger partial charge in [-0.15, -0.1) is 0 Å². The number of nitrogens with zero attached hydrogens (tertiary/aromatic N) is 2. The van der Waals surface area contributed by atoms with E-state index >= 15 is 0 Å². The second-order valence-corrected chi connectivity index (χ2v) is 3.22. The molecule has 1 saturated heterocycles. The van der Waals surface area contributed by atoms with Gasteiger partial charge in [0.1, 0.15) is 5.82 Å². The van der Waals surface area contributed by atoms with Crippen LogP contribution in [0.1, 0.15) is 18.7 Å². The lowest BCUT2D eigenvalue weighted by atomic mass is 10.4. The Kier molecular flexibility index (Phi) is 2.30. The maximum atomic E-state index is 11.2. The number of rotatable bonds is 3. The molecule has 1 aromatic heterocycles. The summed E-state index contributed by atoms with van der Waals surface area (Å²) < 4.78 is 0. The summed E-state index contributed by atoms with van der Waals surface area (Å²) in [5.74, 6) is 0.667. The van der Waals surface area contributed by atoms with E-state index in [4.69, 9.17) is 0 Å². The van der Waals surface area contributed by atoms with Gasteiger partial charge < -0.3 is 4.98 Å². The first-order chi connectivity index (χ1) is 6.77. The molecule has 0 bridgehead atoms. The van der Waals surface area contributed by atoms with E-state index in [9.17, 15) is 9.59 Å². The Morgan fingerprint density at radius 3 is 2.64 bits per heavy atom. The van der Waals surface area contributed by atoms with Gasteiger partial charge in [-0.25, -0.2) is 4.98 Å². The average molecular weight is 193 g/mol. The number of carbonyl (C=O) groups is 2. The zero-order chi connectivity index (χ0) is 9.97. The molecule has 1 N–H and O–H groups in total. The lowest BCUT2D eigenvalue weighted by Crippen LogP contribution is -2.31. The number of imide groups is 1. The van der Waals surface area contributed by atoms with Crippen LogP contribution in [0.3, 0.4) is 0 Å². The molecule has 1 aliphatic rings. The van der Waals surface area contributed by atoms with Crippen molar-refractivity contribution in [2.75, 3.05) is 6.54 Å². The highest BCUT2D eigenvalue weighted by Gasteiger charge is 2.28. The van der Waals surface area contributed by atoms with Crippen molar-refractivity contribution in [3.05, 3.63) is 18.2 Å². The first kappa shape index (κ1) is 8.93. The second-order valence-electron chi connectivity index (χ2n) is 3.22. The summed E-state index contributed by atoms with van der Waals surface area (Å²) in [7, 11) is 0. The fourth-order valence-corrected chi connectivity index (χ4v) is 1.52. The highest BCUT2D eigenvalue weighted by Crippen LogP contribution is 2.11. The molecule has 0 unspecified atom stereocenters. The summed E-state index contributed by atoms with van der Waals surface area (Å²) in [5.41, 5.74) is 0. The van der Waals surface area contributed by atoms with Crippen molar-refractivity contribution in [1.82, 2.24) is 14.9 Å². The third-order valence-corrected chi connectivity index (χ3v) is 2.28. The Balaban J connectivity index is 1.92. The molecule has 1 fully saturated rings. The van der Waals surface area contributed by atoms with Gasteiger partial charge in [0.25, 0.3) is 0 Å². The maximum absolute atomic E-state index is 11.2. The quantitative estimate of drug-likeness (QED) is 0.692. The molecule has 0 radical (unpaired) electrons. The van der Waals surface area contributed by atoms with Gasteiger partial charge in [-0.3, -0.25) is 14.5 Å². The van der Waals surface area contributed by atoms with E-state index in [1.165, 1.54) is 4.90 Å². The van der Waals surface area contributed by atoms with Crippen LogP contribution in [0, 0.1) is 0 Å². The molecule has 0 spiro atoms. The molecule has 74 valence electrons. The number of hydrogen-bond acceptors (Lipinski definition) is 3. The number of imidazole rings is 1. The van der Waals surface area contributed by atoms with Gasteiger partial charge in [0.2, 0.25) is 11.8 Å². The predicted molar refractivity (Wildman–Crippen MR) is 48.2 cm³/mol. The van der Waals surface area contributed by atoms with Gasteiger partial charge in [0.15, 0.2) is 0 Å². The summed E-state index contributed by atoms with van der Waals surface area (Å²) in [6.45, 7) is 0.436. The van der Waals surface area contributed by atoms with Gasteiger partial charge in [0, 0.05) is 38.2 Å². The Hall–Kier alpha value is -1.65. The molecule has 5 heteroatoms. The fourth-order valence-electron chi connectivity index (χ4n) is 1.52. The van der Waals surface area contributed by atoms with Crippen molar-refractivity contribution in [3.63, 3.8) is 0 Å². The van der Waals surface area contributed by atoms with Crippen molar-refractivity contribution in [1.29, 1.82) is 0 Å². The molecule has 5 nitrogen and oxygen atoms in total. The minimum absolute atomic E-state index is 0.0680. The molecule has 1 aromatic rings. The number of aromatic amines is 1. The summed E-state index contributed by atoms with van der Waals surface area (Å²) in [4.78, 5) is 30.7. The first-order valence-corrected chi connectivity index (χ1v) is 4.59. The van der Waals surface area contributed by atoms with Crippen LogP contribution in [0.15, 0.2) is 12.4 Å². The highest BCUT2D eigenvalue weighted by molar-refractivity contribution is 6.01. The molecule has 0 aromatic carbocycles. The molecular formula is C9H11N3O2. The van der Waals surface area contributed by atoms with Gasteiger partial charge >= 0.3 is 0 Å². The van der Waals surface area contributed by atoms with Crippen LogP contribution in [-0.4, -0.2) is 33.2 Å². The zero-order valence-electron chi connectivity index (χ0n) is 7.69. The van der Waals surface area contributed by atoms with Crippen LogP contribution >= 0.6 is 0 Å². The van der Waals surface area contributed by atoms with E-state index in [0.717, 1.165) is 5.82 Å². The van der Waals surface area contributed by atoms with Crippen molar-refractivity contribution < 1.29 is 9.59 Å². The van der Waals surface area contributed by atoms with E-state index in [1.54, 1.807) is 12.4 Å². The molecule has 1 aliphatic heterocycles. The number of hydrogen-bond donors (Lipinski definition) is 1. The van der Waals surface area contributed by atoms with E-state index in [0.29, 0.717) is 25.8 Å². The number of likely N-dealkylation sites (tertiary alicyclic amines) is 1. The maximum Gasteiger partial charge on any atom is 0.229 e. The smallest absolute Gasteiger partial charge is 0.229 e. The minimum Gasteiger partial charge on any atom is -0.349 e. The summed E-state index contributed by atoms with van der Waals surface area (Å²) >= 11 is 0. The highest BCUT2D eigenvalue weighted by atomic mass is 16.2. The van der Waals surface area contributed by atoms with Crippen molar-refractivity contribution in [2.45, 2.75) is 19.3 Å². The molecule has 0 saturated carbocycles. The largest absolute Gasteiger partial charge is 0.349 e. The van der Waals surface area contributed by atoms with Crippen LogP contribution in [0.2, 0.25) is 0 Å². The van der Waals surface area contributed by atoms with Crippen LogP contribution in [0.4, 0.5) is 0 Å².